The van der Waals surface area contributed by atoms with Gasteiger partial charge < -0.3 is 9.72 Å². The number of hydrogen-bond donors (Lipinski definition) is 1. The lowest BCUT2D eigenvalue weighted by Gasteiger charge is -2.04. The van der Waals surface area contributed by atoms with Gasteiger partial charge in [0.05, 0.1) is 12.1 Å². The number of hydrogen-bond acceptors (Lipinski definition) is 2. The van der Waals surface area contributed by atoms with Crippen LogP contribution in [-0.4, -0.2) is 12.1 Å². The Labute approximate surface area is 95.8 Å². The van der Waals surface area contributed by atoms with Crippen LogP contribution in [0.5, 0.6) is 0 Å². The van der Waals surface area contributed by atoms with Crippen LogP contribution in [0.2, 0.25) is 5.02 Å². The topological polar surface area (TPSA) is 42.1 Å². The molecule has 16 heavy (non-hydrogen) atoms. The molecule has 0 saturated carbocycles. The smallest absolute Gasteiger partial charge is 0.189 e. The van der Waals surface area contributed by atoms with E-state index in [1.54, 1.807) is 0 Å². The fourth-order valence-corrected chi connectivity index (χ4v) is 1.77. The third kappa shape index (κ3) is 1.94. The maximum atomic E-state index is 13.6. The molecule has 0 atom stereocenters. The van der Waals surface area contributed by atoms with Crippen LogP contribution in [0.3, 0.4) is 0 Å². The second kappa shape index (κ2) is 4.23. The molecule has 1 N–H and O–H groups in total. The van der Waals surface area contributed by atoms with Crippen molar-refractivity contribution in [2.24, 2.45) is 0 Å². The van der Waals surface area contributed by atoms with Gasteiger partial charge in [0.2, 0.25) is 0 Å². The summed E-state index contributed by atoms with van der Waals surface area (Å²) in [6.07, 6.45) is 0. The standard InChI is InChI=1S/C11H9ClFNO2/c1-16-5-7-4-10(15)8-2-6(12)3-9(13)11(8)14-7/h2-4H,5H2,1H3,(H,14,15). The Morgan fingerprint density at radius 2 is 2.19 bits per heavy atom. The van der Waals surface area contributed by atoms with Gasteiger partial charge in [-0.1, -0.05) is 11.6 Å². The summed E-state index contributed by atoms with van der Waals surface area (Å²) >= 11 is 5.68. The molecule has 2 aromatic rings. The highest BCUT2D eigenvalue weighted by atomic mass is 35.5. The van der Waals surface area contributed by atoms with Crippen LogP contribution in [0.15, 0.2) is 23.0 Å². The number of halogens is 2. The van der Waals surface area contributed by atoms with Gasteiger partial charge in [-0.3, -0.25) is 4.79 Å². The molecule has 0 aliphatic heterocycles. The zero-order valence-electron chi connectivity index (χ0n) is 8.51. The molecule has 84 valence electrons. The van der Waals surface area contributed by atoms with E-state index in [0.717, 1.165) is 6.07 Å². The summed E-state index contributed by atoms with van der Waals surface area (Å²) in [5, 5.41) is 0.444. The summed E-state index contributed by atoms with van der Waals surface area (Å²) in [6, 6.07) is 3.98. The van der Waals surface area contributed by atoms with Gasteiger partial charge in [-0.05, 0) is 12.1 Å². The summed E-state index contributed by atoms with van der Waals surface area (Å²) < 4.78 is 18.4. The SMILES string of the molecule is COCc1cc(=O)c2cc(Cl)cc(F)c2[nH]1. The van der Waals surface area contributed by atoms with E-state index in [4.69, 9.17) is 16.3 Å². The number of aromatic amines is 1. The number of rotatable bonds is 2. The highest BCUT2D eigenvalue weighted by Crippen LogP contribution is 2.19. The quantitative estimate of drug-likeness (QED) is 0.878. The van der Waals surface area contributed by atoms with Gasteiger partial charge in [-0.2, -0.15) is 0 Å². The first-order chi connectivity index (χ1) is 7.61. The summed E-state index contributed by atoms with van der Waals surface area (Å²) in [5.74, 6) is -0.544. The normalized spacial score (nSPS) is 10.9. The zero-order valence-corrected chi connectivity index (χ0v) is 9.27. The Hall–Kier alpha value is -1.39. The molecule has 5 heteroatoms. The number of H-pyrrole nitrogens is 1. The van der Waals surface area contributed by atoms with Gasteiger partial charge in [-0.15, -0.1) is 0 Å². The van der Waals surface area contributed by atoms with Gasteiger partial charge in [0.25, 0.3) is 0 Å². The fourth-order valence-electron chi connectivity index (χ4n) is 1.56. The van der Waals surface area contributed by atoms with Crippen molar-refractivity contribution < 1.29 is 9.13 Å². The predicted molar refractivity (Wildman–Crippen MR) is 60.2 cm³/mol. The van der Waals surface area contributed by atoms with Crippen LogP contribution in [0.1, 0.15) is 5.69 Å². The minimum Gasteiger partial charge on any atom is -0.378 e. The molecule has 0 saturated heterocycles. The molecule has 1 aromatic carbocycles. The molecule has 0 bridgehead atoms. The molecular formula is C11H9ClFNO2. The number of aromatic nitrogens is 1. The summed E-state index contributed by atoms with van der Waals surface area (Å²) in [4.78, 5) is 14.5. The van der Waals surface area contributed by atoms with Crippen molar-refractivity contribution in [3.63, 3.8) is 0 Å². The van der Waals surface area contributed by atoms with Gasteiger partial charge in [0.1, 0.15) is 5.82 Å². The molecule has 1 aromatic heterocycles. The lowest BCUT2D eigenvalue weighted by atomic mass is 10.2. The van der Waals surface area contributed by atoms with Crippen molar-refractivity contribution in [3.05, 3.63) is 45.0 Å². The summed E-state index contributed by atoms with van der Waals surface area (Å²) in [5.41, 5.74) is 0.410. The van der Waals surface area contributed by atoms with Gasteiger partial charge in [0.15, 0.2) is 5.43 Å². The molecule has 0 radical (unpaired) electrons. The van der Waals surface area contributed by atoms with E-state index < -0.39 is 5.82 Å². The van der Waals surface area contributed by atoms with Crippen LogP contribution in [0.25, 0.3) is 10.9 Å². The van der Waals surface area contributed by atoms with Crippen LogP contribution >= 0.6 is 11.6 Å². The minimum absolute atomic E-state index is 0.156. The largest absolute Gasteiger partial charge is 0.378 e. The maximum absolute atomic E-state index is 13.6. The third-order valence-electron chi connectivity index (χ3n) is 2.21. The molecule has 1 heterocycles. The lowest BCUT2D eigenvalue weighted by Crippen LogP contribution is -2.07. The Morgan fingerprint density at radius 1 is 1.44 bits per heavy atom. The van der Waals surface area contributed by atoms with Crippen LogP contribution in [0.4, 0.5) is 4.39 Å². The van der Waals surface area contributed by atoms with Gasteiger partial charge in [-0.25, -0.2) is 4.39 Å². The van der Waals surface area contributed by atoms with Crippen LogP contribution in [-0.2, 0) is 11.3 Å². The van der Waals surface area contributed by atoms with E-state index in [1.807, 2.05) is 0 Å². The number of pyridine rings is 1. The Kier molecular flexibility index (Phi) is 2.94. The number of ether oxygens (including phenoxy) is 1. The Bertz CT molecular complexity index is 594. The number of benzene rings is 1. The van der Waals surface area contributed by atoms with Crippen molar-refractivity contribution in [2.75, 3.05) is 7.11 Å². The van der Waals surface area contributed by atoms with Crippen molar-refractivity contribution in [1.29, 1.82) is 0 Å². The van der Waals surface area contributed by atoms with Crippen LogP contribution in [0, 0.1) is 5.82 Å². The molecule has 2 rings (SSSR count). The monoisotopic (exact) mass is 241 g/mol. The molecule has 0 unspecified atom stereocenters. The van der Waals surface area contributed by atoms with E-state index in [9.17, 15) is 9.18 Å². The highest BCUT2D eigenvalue weighted by Gasteiger charge is 2.08. The predicted octanol–water partition coefficient (Wildman–Crippen LogP) is 2.47. The van der Waals surface area contributed by atoms with E-state index in [-0.39, 0.29) is 28.0 Å². The van der Waals surface area contributed by atoms with E-state index in [1.165, 1.54) is 19.2 Å². The van der Waals surface area contributed by atoms with Gasteiger partial charge in [0, 0.05) is 29.3 Å². The summed E-state index contributed by atoms with van der Waals surface area (Å²) in [6.45, 7) is 0.229. The average Bonchev–Trinajstić information content (AvgIpc) is 2.20. The van der Waals surface area contributed by atoms with Crippen molar-refractivity contribution >= 4 is 22.5 Å². The number of nitrogens with one attached hydrogen (secondary N) is 1. The van der Waals surface area contributed by atoms with E-state index in [2.05, 4.69) is 4.98 Å². The third-order valence-corrected chi connectivity index (χ3v) is 2.43. The molecule has 0 fully saturated rings. The molecule has 0 amide bonds. The van der Waals surface area contributed by atoms with Crippen LogP contribution < -0.4 is 5.43 Å². The number of methoxy groups -OCH3 is 1. The summed E-state index contributed by atoms with van der Waals surface area (Å²) in [7, 11) is 1.50. The Morgan fingerprint density at radius 3 is 2.88 bits per heavy atom. The lowest BCUT2D eigenvalue weighted by molar-refractivity contribution is 0.181. The van der Waals surface area contributed by atoms with Crippen molar-refractivity contribution in [1.82, 2.24) is 4.98 Å². The Balaban J connectivity index is 2.77. The van der Waals surface area contributed by atoms with E-state index >= 15 is 0 Å². The maximum Gasteiger partial charge on any atom is 0.189 e. The number of fused-ring (bicyclic) bond motifs is 1. The second-order valence-corrected chi connectivity index (χ2v) is 3.84. The van der Waals surface area contributed by atoms with Crippen molar-refractivity contribution in [2.45, 2.75) is 6.61 Å². The van der Waals surface area contributed by atoms with Crippen molar-refractivity contribution in [3.8, 4) is 0 Å². The first-order valence-electron chi connectivity index (χ1n) is 4.61. The molecule has 0 aliphatic carbocycles. The first kappa shape index (κ1) is 11.1. The zero-order chi connectivity index (χ0) is 11.7. The molecule has 0 spiro atoms. The highest BCUT2D eigenvalue weighted by molar-refractivity contribution is 6.31. The first-order valence-corrected chi connectivity index (χ1v) is 4.99. The molecule has 3 nitrogen and oxygen atoms in total. The fraction of sp³-hybridized carbons (Fsp3) is 0.182. The molecular weight excluding hydrogens is 233 g/mol. The van der Waals surface area contributed by atoms with Gasteiger partial charge >= 0.3 is 0 Å². The minimum atomic E-state index is -0.544. The second-order valence-electron chi connectivity index (χ2n) is 3.40. The average molecular weight is 242 g/mol. The van der Waals surface area contributed by atoms with E-state index in [0.29, 0.717) is 5.69 Å². The molecule has 0 aliphatic rings.